The van der Waals surface area contributed by atoms with Crippen molar-refractivity contribution in [2.45, 2.75) is 6.92 Å². The van der Waals surface area contributed by atoms with Gasteiger partial charge in [0.25, 0.3) is 5.56 Å². The maximum atomic E-state index is 12.0. The maximum absolute atomic E-state index is 12.0. The van der Waals surface area contributed by atoms with Crippen LogP contribution in [0.3, 0.4) is 0 Å². The highest BCUT2D eigenvalue weighted by atomic mass is 16.5. The molecule has 0 aliphatic carbocycles. The molecule has 0 spiro atoms. The number of pyridine rings is 1. The average Bonchev–Trinajstić information content (AvgIpc) is 2.91. The molecule has 0 radical (unpaired) electrons. The lowest BCUT2D eigenvalue weighted by Crippen LogP contribution is -2.19. The molecule has 7 heteroatoms. The summed E-state index contributed by atoms with van der Waals surface area (Å²) in [5.74, 6) is -1.34. The van der Waals surface area contributed by atoms with Gasteiger partial charge in [-0.15, -0.1) is 0 Å². The molecule has 112 valence electrons. The van der Waals surface area contributed by atoms with E-state index in [1.807, 2.05) is 31.2 Å². The lowest BCUT2D eigenvalue weighted by Gasteiger charge is -2.06. The molecule has 1 aromatic carbocycles. The van der Waals surface area contributed by atoms with E-state index in [-0.39, 0.29) is 5.39 Å². The number of ether oxygens (including phenoxy) is 1. The molecule has 0 bridgehead atoms. The number of carbonyl (C=O) groups is 1. The van der Waals surface area contributed by atoms with Crippen LogP contribution in [0.15, 0.2) is 35.3 Å². The number of benzene rings is 1. The number of esters is 1. The Bertz CT molecular complexity index is 922. The number of nitrogens with one attached hydrogen (secondary N) is 1. The Morgan fingerprint density at radius 1 is 1.32 bits per heavy atom. The quantitative estimate of drug-likeness (QED) is 0.699. The standard InChI is InChI=1S/C15H13N3O4/c1-8-3-5-9(6-4-8)18-13-10(7-16-18)12(19)11(14(20)17-13)15(21)22-2/h3-7H,1-2H3,(H2,17,19,20). The second-order valence-corrected chi connectivity index (χ2v) is 4.82. The fourth-order valence-corrected chi connectivity index (χ4v) is 2.23. The topological polar surface area (TPSA) is 97.2 Å². The number of fused-ring (bicyclic) bond motifs is 1. The van der Waals surface area contributed by atoms with Gasteiger partial charge >= 0.3 is 5.97 Å². The number of methoxy groups -OCH3 is 1. The molecule has 3 aromatic rings. The first-order valence-corrected chi connectivity index (χ1v) is 6.51. The summed E-state index contributed by atoms with van der Waals surface area (Å²) in [6.07, 6.45) is 1.38. The van der Waals surface area contributed by atoms with Gasteiger partial charge in [0.1, 0.15) is 11.4 Å². The molecule has 0 atom stereocenters. The second kappa shape index (κ2) is 5.03. The summed E-state index contributed by atoms with van der Waals surface area (Å²) < 4.78 is 5.99. The molecule has 22 heavy (non-hydrogen) atoms. The third-order valence-corrected chi connectivity index (χ3v) is 3.39. The van der Waals surface area contributed by atoms with Crippen molar-refractivity contribution in [1.29, 1.82) is 0 Å². The van der Waals surface area contributed by atoms with Crippen LogP contribution in [0.1, 0.15) is 15.9 Å². The first kappa shape index (κ1) is 13.9. The van der Waals surface area contributed by atoms with Gasteiger partial charge in [-0.3, -0.25) is 4.79 Å². The second-order valence-electron chi connectivity index (χ2n) is 4.82. The Morgan fingerprint density at radius 3 is 2.64 bits per heavy atom. The highest BCUT2D eigenvalue weighted by Gasteiger charge is 2.22. The molecule has 0 aliphatic heterocycles. The smallest absolute Gasteiger partial charge is 0.347 e. The van der Waals surface area contributed by atoms with E-state index in [1.54, 1.807) is 0 Å². The Labute approximate surface area is 124 Å². The predicted octanol–water partition coefficient (Wildman–Crippen LogP) is 1.51. The molecule has 3 rings (SSSR count). The van der Waals surface area contributed by atoms with Gasteiger partial charge in [0.05, 0.1) is 24.4 Å². The van der Waals surface area contributed by atoms with E-state index in [0.717, 1.165) is 18.4 Å². The van der Waals surface area contributed by atoms with Crippen molar-refractivity contribution in [3.8, 4) is 11.4 Å². The van der Waals surface area contributed by atoms with E-state index >= 15 is 0 Å². The van der Waals surface area contributed by atoms with Gasteiger partial charge in [0.2, 0.25) is 0 Å². The lowest BCUT2D eigenvalue weighted by molar-refractivity contribution is 0.0595. The molecule has 0 saturated carbocycles. The molecule has 0 unspecified atom stereocenters. The minimum atomic E-state index is -0.899. The van der Waals surface area contributed by atoms with Crippen LogP contribution in [0.25, 0.3) is 16.7 Å². The Morgan fingerprint density at radius 2 is 2.00 bits per heavy atom. The molecule has 2 N–H and O–H groups in total. The van der Waals surface area contributed by atoms with E-state index in [4.69, 9.17) is 0 Å². The molecule has 2 heterocycles. The van der Waals surface area contributed by atoms with Crippen molar-refractivity contribution in [3.05, 3.63) is 51.9 Å². The van der Waals surface area contributed by atoms with Crippen LogP contribution in [0, 0.1) is 6.92 Å². The van der Waals surface area contributed by atoms with Crippen LogP contribution in [0.5, 0.6) is 5.75 Å². The molecular weight excluding hydrogens is 286 g/mol. The van der Waals surface area contributed by atoms with E-state index < -0.39 is 22.8 Å². The van der Waals surface area contributed by atoms with E-state index in [2.05, 4.69) is 14.8 Å². The predicted molar refractivity (Wildman–Crippen MR) is 79.4 cm³/mol. The van der Waals surface area contributed by atoms with Gasteiger partial charge in [-0.1, -0.05) is 17.7 Å². The van der Waals surface area contributed by atoms with Crippen molar-refractivity contribution >= 4 is 17.0 Å². The van der Waals surface area contributed by atoms with Crippen LogP contribution in [0.2, 0.25) is 0 Å². The molecule has 0 amide bonds. The molecule has 2 aromatic heterocycles. The first-order valence-electron chi connectivity index (χ1n) is 6.51. The monoisotopic (exact) mass is 299 g/mol. The number of aromatic amines is 1. The number of hydrogen-bond acceptors (Lipinski definition) is 5. The van der Waals surface area contributed by atoms with E-state index in [9.17, 15) is 14.7 Å². The van der Waals surface area contributed by atoms with Gasteiger partial charge < -0.3 is 14.8 Å². The Balaban J connectivity index is 2.27. The minimum Gasteiger partial charge on any atom is -0.506 e. The summed E-state index contributed by atoms with van der Waals surface area (Å²) in [5.41, 5.74) is 0.953. The maximum Gasteiger partial charge on any atom is 0.347 e. The van der Waals surface area contributed by atoms with Crippen molar-refractivity contribution in [2.75, 3.05) is 7.11 Å². The summed E-state index contributed by atoms with van der Waals surface area (Å²) in [4.78, 5) is 26.2. The van der Waals surface area contributed by atoms with Crippen LogP contribution in [0.4, 0.5) is 0 Å². The Kier molecular flexibility index (Phi) is 3.17. The fraction of sp³-hybridized carbons (Fsp3) is 0.133. The number of nitrogens with zero attached hydrogens (tertiary/aromatic N) is 2. The highest BCUT2D eigenvalue weighted by molar-refractivity contribution is 5.98. The largest absolute Gasteiger partial charge is 0.506 e. The summed E-state index contributed by atoms with van der Waals surface area (Å²) in [5, 5.41) is 14.6. The van der Waals surface area contributed by atoms with Crippen molar-refractivity contribution in [3.63, 3.8) is 0 Å². The summed E-state index contributed by atoms with van der Waals surface area (Å²) >= 11 is 0. The van der Waals surface area contributed by atoms with Gasteiger partial charge in [0.15, 0.2) is 5.56 Å². The van der Waals surface area contributed by atoms with Crippen molar-refractivity contribution < 1.29 is 14.6 Å². The van der Waals surface area contributed by atoms with E-state index in [1.165, 1.54) is 10.9 Å². The number of carbonyl (C=O) groups excluding carboxylic acids is 1. The lowest BCUT2D eigenvalue weighted by atomic mass is 10.2. The zero-order valence-electron chi connectivity index (χ0n) is 12.0. The number of aromatic nitrogens is 3. The third kappa shape index (κ3) is 2.03. The van der Waals surface area contributed by atoms with Crippen LogP contribution in [-0.2, 0) is 4.74 Å². The SMILES string of the molecule is COC(=O)c1c(O)c2cnn(-c3ccc(C)cc3)c2[nH]c1=O. The molecule has 0 aliphatic rings. The van der Waals surface area contributed by atoms with Gasteiger partial charge in [0, 0.05) is 0 Å². The number of aryl methyl sites for hydroxylation is 1. The van der Waals surface area contributed by atoms with E-state index in [0.29, 0.717) is 5.65 Å². The Hall–Kier alpha value is -3.09. The number of rotatable bonds is 2. The highest BCUT2D eigenvalue weighted by Crippen LogP contribution is 2.26. The van der Waals surface area contributed by atoms with Gasteiger partial charge in [-0.2, -0.15) is 5.10 Å². The zero-order chi connectivity index (χ0) is 15.9. The van der Waals surface area contributed by atoms with Crippen LogP contribution < -0.4 is 5.56 Å². The molecule has 0 fully saturated rings. The summed E-state index contributed by atoms with van der Waals surface area (Å²) in [6.45, 7) is 1.96. The molecular formula is C15H13N3O4. The van der Waals surface area contributed by atoms with Crippen molar-refractivity contribution in [1.82, 2.24) is 14.8 Å². The zero-order valence-corrected chi connectivity index (χ0v) is 12.0. The fourth-order valence-electron chi connectivity index (χ4n) is 2.23. The number of hydrogen-bond donors (Lipinski definition) is 2. The normalized spacial score (nSPS) is 10.8. The average molecular weight is 299 g/mol. The molecule has 0 saturated heterocycles. The van der Waals surface area contributed by atoms with Crippen LogP contribution >= 0.6 is 0 Å². The molecule has 7 nitrogen and oxygen atoms in total. The first-order chi connectivity index (χ1) is 10.5. The summed E-state index contributed by atoms with van der Waals surface area (Å²) in [6, 6.07) is 7.49. The minimum absolute atomic E-state index is 0.264. The number of aromatic hydroxyl groups is 1. The summed E-state index contributed by atoms with van der Waals surface area (Å²) in [7, 11) is 1.14. The number of H-pyrrole nitrogens is 1. The van der Waals surface area contributed by atoms with Gasteiger partial charge in [-0.05, 0) is 19.1 Å². The van der Waals surface area contributed by atoms with Gasteiger partial charge in [-0.25, -0.2) is 9.48 Å². The van der Waals surface area contributed by atoms with Crippen LogP contribution in [-0.4, -0.2) is 33.0 Å². The van der Waals surface area contributed by atoms with Crippen molar-refractivity contribution in [2.24, 2.45) is 0 Å². The third-order valence-electron chi connectivity index (χ3n) is 3.39.